The minimum atomic E-state index is 0. The Morgan fingerprint density at radius 1 is 0.571 bits per heavy atom. The molecule has 0 saturated heterocycles. The Bertz CT molecular complexity index is 670. The van der Waals surface area contributed by atoms with Gasteiger partial charge in [-0.15, -0.1) is 36.3 Å². The minimum Gasteiger partial charge on any atom is -0.593 e. The number of nitrogens with zero attached hydrogens (tertiary/aromatic N) is 8. The molecule has 2 aromatic rings. The van der Waals surface area contributed by atoms with Crippen LogP contribution in [0.15, 0.2) is 36.7 Å². The van der Waals surface area contributed by atoms with E-state index in [0.717, 1.165) is 37.8 Å². The monoisotopic (exact) mass is 842 g/mol. The Labute approximate surface area is 344 Å². The molecule has 49 heavy (non-hydrogen) atoms. The number of anilines is 2. The molecule has 0 N–H and O–H groups in total. The number of hydrogen-bond donors (Lipinski definition) is 0. The van der Waals surface area contributed by atoms with Crippen molar-refractivity contribution in [3.8, 4) is 0 Å². The van der Waals surface area contributed by atoms with Gasteiger partial charge in [0.15, 0.2) is 0 Å². The summed E-state index contributed by atoms with van der Waals surface area (Å²) in [4.78, 5) is 11.6. The van der Waals surface area contributed by atoms with Gasteiger partial charge >= 0.3 is 58.4 Å². The van der Waals surface area contributed by atoms with Crippen molar-refractivity contribution in [1.82, 2.24) is 20.0 Å². The minimum absolute atomic E-state index is 0. The molecule has 0 saturated carbocycles. The van der Waals surface area contributed by atoms with Crippen LogP contribution in [-0.4, -0.2) is 115 Å². The van der Waals surface area contributed by atoms with Crippen LogP contribution in [-0.2, 0) is 67.9 Å². The summed E-state index contributed by atoms with van der Waals surface area (Å²) < 4.78 is 9.67. The van der Waals surface area contributed by atoms with E-state index < -0.39 is 0 Å². The van der Waals surface area contributed by atoms with Crippen molar-refractivity contribution in [1.29, 1.82) is 0 Å². The van der Waals surface area contributed by atoms with E-state index in [0.29, 0.717) is 12.1 Å². The van der Waals surface area contributed by atoms with Crippen molar-refractivity contribution >= 4 is 11.4 Å². The number of ether oxygens (including phenoxy) is 2. The number of hydrogen-bond acceptors (Lipinski definition) is 8. The van der Waals surface area contributed by atoms with Gasteiger partial charge in [0.2, 0.25) is 0 Å². The molecule has 276 valence electrons. The number of pyridine rings is 2. The Hall–Kier alpha value is -0.470. The maximum absolute atomic E-state index is 4.83. The van der Waals surface area contributed by atoms with Gasteiger partial charge in [-0.05, 0) is 84.1 Å². The summed E-state index contributed by atoms with van der Waals surface area (Å²) in [5.74, 6) is 0. The van der Waals surface area contributed by atoms with Crippen LogP contribution in [0, 0.1) is 26.2 Å². The second kappa shape index (κ2) is 59.7. The first kappa shape index (κ1) is 70.2. The van der Waals surface area contributed by atoms with Crippen molar-refractivity contribution in [2.75, 3.05) is 92.6 Å². The van der Waals surface area contributed by atoms with Crippen LogP contribution in [0.1, 0.15) is 69.2 Å². The Morgan fingerprint density at radius 3 is 0.878 bits per heavy atom. The number of aromatic nitrogens is 2. The summed E-state index contributed by atoms with van der Waals surface area (Å²) in [5.41, 5.74) is 10.5. The van der Waals surface area contributed by atoms with Crippen LogP contribution in [0.4, 0.5) is 11.4 Å². The van der Waals surface area contributed by atoms with Crippen LogP contribution < -0.4 is 9.80 Å². The molecule has 0 unspecified atom stereocenters. The van der Waals surface area contributed by atoms with E-state index in [1.54, 1.807) is 26.2 Å². The SMILES string of the molecule is CC(C)[N-]N(C)C.CC(C)[N-]N(C)C.CCOCC.CCOCC.CN(C)c1c[c-]ncc1.CN(C)c1c[c-]ncc1.[CH2-]C.[CH2-]C.[Zn+2].[Zn+2].[Zn+2]. The van der Waals surface area contributed by atoms with Crippen LogP contribution in [0.25, 0.3) is 10.9 Å². The standard InChI is InChI=1S/2C7H9N2.2C5H13N2.2C4H10O.2C2H5.3Zn/c2*1-9(2)7-3-5-8-6-4-7;2*1-5(2)6-7(3)4;2*1-3-5-4-2;2*1-2;;;/h2*3-5H,1-2H3;2*5H,1-4H3;2*3-4H2,1-2H3;2*1H2,2H3;;;/q4*-1;;;2*-1;3*+2. The molecule has 2 rings (SSSR count). The van der Waals surface area contributed by atoms with E-state index in [1.807, 2.05) is 128 Å². The quantitative estimate of drug-likeness (QED) is 0.135. The largest absolute Gasteiger partial charge is 2.00 e. The molecule has 2 aromatic heterocycles. The summed E-state index contributed by atoms with van der Waals surface area (Å²) in [7, 11) is 15.7. The van der Waals surface area contributed by atoms with Gasteiger partial charge in [0.05, 0.1) is 0 Å². The van der Waals surface area contributed by atoms with Crippen LogP contribution in [0.5, 0.6) is 0 Å². The molecule has 10 nitrogen and oxygen atoms in total. The Kier molecular flexibility index (Phi) is 85.4. The molecule has 0 spiro atoms. The average molecular weight is 847 g/mol. The second-order valence-electron chi connectivity index (χ2n) is 9.75. The molecule has 0 aliphatic carbocycles. The predicted molar refractivity (Wildman–Crippen MR) is 206 cm³/mol. The zero-order chi connectivity index (χ0) is 37.3. The molecular formula is C36H74N8O2Zn3. The summed E-state index contributed by atoms with van der Waals surface area (Å²) >= 11 is 0. The van der Waals surface area contributed by atoms with Gasteiger partial charge < -0.3 is 64.0 Å². The topological polar surface area (TPSA) is 85.4 Å². The maximum atomic E-state index is 4.83. The van der Waals surface area contributed by atoms with E-state index in [2.05, 4.69) is 74.8 Å². The molecule has 0 aliphatic rings. The smallest absolute Gasteiger partial charge is 0.593 e. The molecule has 0 bridgehead atoms. The van der Waals surface area contributed by atoms with Gasteiger partial charge in [0.25, 0.3) is 0 Å². The number of rotatable bonds is 10. The molecule has 0 aromatic carbocycles. The van der Waals surface area contributed by atoms with Crippen molar-refractivity contribution < 1.29 is 67.9 Å². The fraction of sp³-hybridized carbons (Fsp3) is 0.667. The van der Waals surface area contributed by atoms with Crippen molar-refractivity contribution in [2.45, 2.75) is 81.3 Å². The van der Waals surface area contributed by atoms with E-state index in [-0.39, 0.29) is 58.4 Å². The van der Waals surface area contributed by atoms with Gasteiger partial charge in [-0.25, -0.2) is 0 Å². The van der Waals surface area contributed by atoms with E-state index in [9.17, 15) is 0 Å². The molecule has 13 heteroatoms. The van der Waals surface area contributed by atoms with Gasteiger partial charge in [-0.3, -0.25) is 0 Å². The summed E-state index contributed by atoms with van der Waals surface area (Å²) in [6.45, 7) is 29.6. The summed E-state index contributed by atoms with van der Waals surface area (Å²) in [6.07, 6.45) is 8.96. The molecule has 2 heterocycles. The van der Waals surface area contributed by atoms with Crippen molar-refractivity contribution in [3.05, 3.63) is 73.8 Å². The van der Waals surface area contributed by atoms with E-state index >= 15 is 0 Å². The van der Waals surface area contributed by atoms with Gasteiger partial charge in [-0.2, -0.15) is 13.8 Å². The summed E-state index contributed by atoms with van der Waals surface area (Å²) in [5, 5.41) is 3.65. The first-order valence-corrected chi connectivity index (χ1v) is 16.0. The van der Waals surface area contributed by atoms with Gasteiger partial charge in [0, 0.05) is 26.4 Å². The predicted octanol–water partition coefficient (Wildman–Crippen LogP) is 8.14. The average Bonchev–Trinajstić information content (AvgIpc) is 3.01. The van der Waals surface area contributed by atoms with E-state index in [1.165, 1.54) is 0 Å². The second-order valence-corrected chi connectivity index (χ2v) is 9.75. The fourth-order valence-corrected chi connectivity index (χ4v) is 2.50. The third kappa shape index (κ3) is 78.1. The third-order valence-corrected chi connectivity index (χ3v) is 3.99. The molecule has 0 fully saturated rings. The fourth-order valence-electron chi connectivity index (χ4n) is 2.50. The van der Waals surface area contributed by atoms with Crippen LogP contribution in [0.2, 0.25) is 0 Å². The molecule has 0 atom stereocenters. The maximum Gasteiger partial charge on any atom is 2.00 e. The molecule has 0 radical (unpaired) electrons. The van der Waals surface area contributed by atoms with Crippen molar-refractivity contribution in [3.63, 3.8) is 0 Å². The van der Waals surface area contributed by atoms with Crippen LogP contribution in [0.3, 0.4) is 0 Å². The molecule has 0 amide bonds. The normalized spacial score (nSPS) is 8.49. The molecular weight excluding hydrogens is 773 g/mol. The van der Waals surface area contributed by atoms with E-state index in [4.69, 9.17) is 9.47 Å². The summed E-state index contributed by atoms with van der Waals surface area (Å²) in [6, 6.07) is 8.43. The zero-order valence-electron chi connectivity index (χ0n) is 35.4. The first-order chi connectivity index (χ1) is 21.7. The first-order valence-electron chi connectivity index (χ1n) is 16.0. The van der Waals surface area contributed by atoms with Crippen molar-refractivity contribution in [2.24, 2.45) is 0 Å². The third-order valence-electron chi connectivity index (χ3n) is 3.99. The Morgan fingerprint density at radius 2 is 0.816 bits per heavy atom. The van der Waals surface area contributed by atoms with Gasteiger partial charge in [-0.1, -0.05) is 63.9 Å². The Balaban J connectivity index is -0.0000000549. The zero-order valence-corrected chi connectivity index (χ0v) is 44.3. The molecule has 0 aliphatic heterocycles. The van der Waals surface area contributed by atoms with Gasteiger partial charge in [0.1, 0.15) is 0 Å². The van der Waals surface area contributed by atoms with Crippen LogP contribution >= 0.6 is 0 Å².